The Bertz CT molecular complexity index is 1220. The summed E-state index contributed by atoms with van der Waals surface area (Å²) < 4.78 is 7.32. The number of carbonyl (C=O) groups excluding carboxylic acids is 2. The third-order valence-electron chi connectivity index (χ3n) is 5.05. The maximum atomic E-state index is 12.5. The lowest BCUT2D eigenvalue weighted by Crippen LogP contribution is -2.41. The number of amides is 2. The summed E-state index contributed by atoms with van der Waals surface area (Å²) >= 11 is 0. The van der Waals surface area contributed by atoms with Gasteiger partial charge in [0, 0.05) is 24.1 Å². The molecule has 0 atom stereocenters. The van der Waals surface area contributed by atoms with Gasteiger partial charge in [-0.25, -0.2) is 4.98 Å². The lowest BCUT2D eigenvalue weighted by molar-refractivity contribution is 0.0846. The second-order valence-electron chi connectivity index (χ2n) is 7.96. The molecule has 0 radical (unpaired) electrons. The second-order valence-corrected chi connectivity index (χ2v) is 7.96. The van der Waals surface area contributed by atoms with Crippen molar-refractivity contribution in [3.63, 3.8) is 0 Å². The quantitative estimate of drug-likeness (QED) is 0.618. The first-order valence-electron chi connectivity index (χ1n) is 10.3. The van der Waals surface area contributed by atoms with Gasteiger partial charge in [0.05, 0.1) is 17.5 Å². The highest BCUT2D eigenvalue weighted by molar-refractivity contribution is 6.00. The van der Waals surface area contributed by atoms with Crippen molar-refractivity contribution in [1.29, 1.82) is 0 Å². The maximum Gasteiger partial charge on any atom is 0.269 e. The van der Waals surface area contributed by atoms with Crippen molar-refractivity contribution in [2.24, 2.45) is 5.92 Å². The van der Waals surface area contributed by atoms with Gasteiger partial charge in [-0.2, -0.15) is 0 Å². The van der Waals surface area contributed by atoms with Gasteiger partial charge in [0.1, 0.15) is 11.6 Å². The van der Waals surface area contributed by atoms with Crippen molar-refractivity contribution < 1.29 is 14.3 Å². The second kappa shape index (κ2) is 8.59. The first-order valence-corrected chi connectivity index (χ1v) is 10.3. The number of aromatic nitrogens is 2. The number of carbonyl (C=O) groups is 2. The van der Waals surface area contributed by atoms with E-state index in [0.29, 0.717) is 46.8 Å². The number of benzene rings is 2. The Hall–Kier alpha value is -3.68. The molecule has 3 aromatic rings. The summed E-state index contributed by atoms with van der Waals surface area (Å²) in [5.74, 6) is 0.740. The smallest absolute Gasteiger partial charge is 0.269 e. The topological polar surface area (TPSA) is 102 Å². The van der Waals surface area contributed by atoms with Crippen molar-refractivity contribution in [1.82, 2.24) is 20.4 Å². The summed E-state index contributed by atoms with van der Waals surface area (Å²) in [6.45, 7) is 5.30. The zero-order chi connectivity index (χ0) is 22.0. The molecule has 0 aliphatic carbocycles. The number of fused-ring (bicyclic) bond motifs is 2. The lowest BCUT2D eigenvalue weighted by Gasteiger charge is -2.11. The van der Waals surface area contributed by atoms with Crippen LogP contribution in [0.15, 0.2) is 47.3 Å². The molecule has 2 N–H and O–H groups in total. The molecule has 31 heavy (non-hydrogen) atoms. The number of rotatable bonds is 5. The van der Waals surface area contributed by atoms with Gasteiger partial charge in [0.15, 0.2) is 0 Å². The van der Waals surface area contributed by atoms with Crippen molar-refractivity contribution in [2.45, 2.75) is 33.2 Å². The van der Waals surface area contributed by atoms with Crippen LogP contribution in [0.5, 0.6) is 5.75 Å². The minimum absolute atomic E-state index is 0.0858. The van der Waals surface area contributed by atoms with E-state index < -0.39 is 11.8 Å². The molecule has 8 heteroatoms. The molecule has 2 heterocycles. The minimum Gasteiger partial charge on any atom is -0.493 e. The molecule has 0 spiro atoms. The van der Waals surface area contributed by atoms with Gasteiger partial charge in [-0.1, -0.05) is 19.9 Å². The van der Waals surface area contributed by atoms with Crippen molar-refractivity contribution in [3.05, 3.63) is 69.8 Å². The first kappa shape index (κ1) is 20.6. The maximum absolute atomic E-state index is 12.5. The van der Waals surface area contributed by atoms with Crippen molar-refractivity contribution in [3.8, 4) is 5.75 Å². The predicted octanol–water partition coefficient (Wildman–Crippen LogP) is 2.45. The van der Waals surface area contributed by atoms with Crippen molar-refractivity contribution >= 4 is 22.7 Å². The van der Waals surface area contributed by atoms with Crippen LogP contribution in [0.1, 0.15) is 46.8 Å². The van der Waals surface area contributed by atoms with Crippen LogP contribution in [-0.4, -0.2) is 28.0 Å². The fraction of sp³-hybridized carbons (Fsp3) is 0.304. The fourth-order valence-corrected chi connectivity index (χ4v) is 3.47. The molecule has 0 fully saturated rings. The standard InChI is InChI=1S/C23H24N4O4/c1-14(2)13-31-17-6-3-5-15(11-17)21(28)25-26-22(29)16-8-9-18-19(12-16)24-20-7-4-10-27(20)23(18)30/h3,5-6,8-9,11-12,14H,4,7,10,13H2,1-2H3,(H,25,28)(H,26,29). The minimum atomic E-state index is -0.495. The van der Waals surface area contributed by atoms with Crippen molar-refractivity contribution in [2.75, 3.05) is 6.61 Å². The van der Waals surface area contributed by atoms with Crippen LogP contribution >= 0.6 is 0 Å². The predicted molar refractivity (Wildman–Crippen MR) is 116 cm³/mol. The molecule has 2 amide bonds. The zero-order valence-electron chi connectivity index (χ0n) is 17.5. The monoisotopic (exact) mass is 420 g/mol. The number of hydrogen-bond donors (Lipinski definition) is 2. The summed E-state index contributed by atoms with van der Waals surface area (Å²) in [5, 5.41) is 0.476. The molecule has 160 valence electrons. The Balaban J connectivity index is 1.44. The third-order valence-corrected chi connectivity index (χ3v) is 5.05. The fourth-order valence-electron chi connectivity index (χ4n) is 3.47. The third kappa shape index (κ3) is 4.42. The molecule has 0 bridgehead atoms. The van der Waals surface area contributed by atoms with E-state index in [1.165, 1.54) is 0 Å². The van der Waals surface area contributed by atoms with E-state index in [1.54, 1.807) is 47.0 Å². The number of nitrogens with one attached hydrogen (secondary N) is 2. The van der Waals surface area contributed by atoms with Crippen LogP contribution in [0, 0.1) is 5.92 Å². The van der Waals surface area contributed by atoms with Crippen LogP contribution in [-0.2, 0) is 13.0 Å². The number of hydrogen-bond acceptors (Lipinski definition) is 5. The largest absolute Gasteiger partial charge is 0.493 e. The van der Waals surface area contributed by atoms with E-state index in [4.69, 9.17) is 4.74 Å². The molecule has 8 nitrogen and oxygen atoms in total. The van der Waals surface area contributed by atoms with E-state index in [0.717, 1.165) is 18.7 Å². The van der Waals surface area contributed by atoms with Crippen LogP contribution in [0.2, 0.25) is 0 Å². The molecule has 1 aromatic heterocycles. The SMILES string of the molecule is CC(C)COc1cccc(C(=O)NNC(=O)c2ccc3c(=O)n4c(nc3c2)CCC4)c1. The summed E-state index contributed by atoms with van der Waals surface area (Å²) in [5.41, 5.74) is 5.88. The molecular formula is C23H24N4O4. The van der Waals surface area contributed by atoms with Gasteiger partial charge < -0.3 is 4.74 Å². The van der Waals surface area contributed by atoms with E-state index in [1.807, 2.05) is 13.8 Å². The van der Waals surface area contributed by atoms with E-state index in [-0.39, 0.29) is 5.56 Å². The molecule has 4 rings (SSSR count). The van der Waals surface area contributed by atoms with Crippen LogP contribution < -0.4 is 21.1 Å². The number of ether oxygens (including phenoxy) is 1. The van der Waals surface area contributed by atoms with E-state index in [9.17, 15) is 14.4 Å². The lowest BCUT2D eigenvalue weighted by atomic mass is 10.1. The average Bonchev–Trinajstić information content (AvgIpc) is 3.24. The Morgan fingerprint density at radius 3 is 2.58 bits per heavy atom. The van der Waals surface area contributed by atoms with Crippen LogP contribution in [0.3, 0.4) is 0 Å². The molecule has 1 aliphatic rings. The summed E-state index contributed by atoms with van der Waals surface area (Å²) in [6, 6.07) is 11.5. The Labute approximate surface area is 179 Å². The van der Waals surface area contributed by atoms with Gasteiger partial charge in [-0.15, -0.1) is 0 Å². The van der Waals surface area contributed by atoms with Gasteiger partial charge >= 0.3 is 0 Å². The molecule has 2 aromatic carbocycles. The molecule has 0 unspecified atom stereocenters. The number of aryl methyl sites for hydroxylation is 1. The molecule has 1 aliphatic heterocycles. The number of hydrazine groups is 1. The van der Waals surface area contributed by atoms with Crippen LogP contribution in [0.4, 0.5) is 0 Å². The Morgan fingerprint density at radius 2 is 1.84 bits per heavy atom. The number of nitrogens with zero attached hydrogens (tertiary/aromatic N) is 2. The zero-order valence-corrected chi connectivity index (χ0v) is 17.5. The molecule has 0 saturated heterocycles. The van der Waals surface area contributed by atoms with Crippen LogP contribution in [0.25, 0.3) is 10.9 Å². The average molecular weight is 420 g/mol. The van der Waals surface area contributed by atoms with Gasteiger partial charge in [0.25, 0.3) is 17.4 Å². The Kier molecular flexibility index (Phi) is 5.70. The summed E-state index contributed by atoms with van der Waals surface area (Å²) in [6.07, 6.45) is 1.64. The Morgan fingerprint density at radius 1 is 1.10 bits per heavy atom. The highest BCUT2D eigenvalue weighted by atomic mass is 16.5. The highest BCUT2D eigenvalue weighted by Crippen LogP contribution is 2.17. The van der Waals surface area contributed by atoms with E-state index in [2.05, 4.69) is 15.8 Å². The van der Waals surface area contributed by atoms with Gasteiger partial charge in [-0.3, -0.25) is 29.8 Å². The highest BCUT2D eigenvalue weighted by Gasteiger charge is 2.17. The molecular weight excluding hydrogens is 396 g/mol. The van der Waals surface area contributed by atoms with Gasteiger partial charge in [0.2, 0.25) is 0 Å². The molecule has 0 saturated carbocycles. The summed E-state index contributed by atoms with van der Waals surface area (Å²) in [7, 11) is 0. The first-order chi connectivity index (χ1) is 14.9. The van der Waals surface area contributed by atoms with E-state index >= 15 is 0 Å². The summed E-state index contributed by atoms with van der Waals surface area (Å²) in [4.78, 5) is 42.0. The normalized spacial score (nSPS) is 12.6. The van der Waals surface area contributed by atoms with Gasteiger partial charge in [-0.05, 0) is 48.7 Å².